The largest absolute Gasteiger partial charge is 0.478 e. The third kappa shape index (κ3) is 3.98. The number of carboxylic acids is 1. The summed E-state index contributed by atoms with van der Waals surface area (Å²) >= 11 is 0. The summed E-state index contributed by atoms with van der Waals surface area (Å²) in [4.78, 5) is 9.87. The lowest BCUT2D eigenvalue weighted by molar-refractivity contribution is 0.0696. The summed E-state index contributed by atoms with van der Waals surface area (Å²) in [5.74, 6) is -4.60. The summed E-state index contributed by atoms with van der Waals surface area (Å²) in [7, 11) is -3.03. The van der Waals surface area contributed by atoms with E-state index in [1.54, 1.807) is 0 Å². The minimum atomic E-state index is -4.27. The van der Waals surface area contributed by atoms with Gasteiger partial charge in [0.25, 0.3) is 0 Å². The predicted molar refractivity (Wildman–Crippen MR) is 72.7 cm³/mol. The maximum absolute atomic E-state index is 13.7. The van der Waals surface area contributed by atoms with Crippen LogP contribution in [0.4, 0.5) is 8.78 Å². The molecule has 0 spiro atoms. The molecule has 0 aromatic heterocycles. The molecule has 0 aliphatic heterocycles. The first-order chi connectivity index (χ1) is 9.71. The van der Waals surface area contributed by atoms with Crippen LogP contribution in [0.1, 0.15) is 36.5 Å². The van der Waals surface area contributed by atoms with E-state index in [9.17, 15) is 22.0 Å². The molecule has 0 fully saturated rings. The molecule has 1 N–H and O–H groups in total. The van der Waals surface area contributed by atoms with Gasteiger partial charge in [-0.3, -0.25) is 0 Å². The number of hydrogen-bond donors (Lipinski definition) is 1. The number of nitrogens with zero attached hydrogens (tertiary/aromatic N) is 1. The molecule has 8 heteroatoms. The fourth-order valence-electron chi connectivity index (χ4n) is 1.75. The van der Waals surface area contributed by atoms with E-state index in [-0.39, 0.29) is 6.54 Å². The molecule has 1 aromatic carbocycles. The third-order valence-electron chi connectivity index (χ3n) is 3.01. The summed E-state index contributed by atoms with van der Waals surface area (Å²) in [6.07, 6.45) is 2.26. The topological polar surface area (TPSA) is 74.7 Å². The molecule has 0 bridgehead atoms. The van der Waals surface area contributed by atoms with Crippen molar-refractivity contribution in [2.24, 2.45) is 0 Å². The molecule has 0 aliphatic carbocycles. The van der Waals surface area contributed by atoms with Crippen LogP contribution in [0.5, 0.6) is 0 Å². The Balaban J connectivity index is 3.21. The standard InChI is InChI=1S/C13H17F2NO4S/c1-3-4-5-6-16(2)21(19,20)11-8-9(13(17)18)7-10(14)12(11)15/h7-8H,3-6H2,1-2H3,(H,17,18). The van der Waals surface area contributed by atoms with Gasteiger partial charge >= 0.3 is 5.97 Å². The van der Waals surface area contributed by atoms with Crippen LogP contribution in [0.15, 0.2) is 17.0 Å². The number of aromatic carboxylic acids is 1. The highest BCUT2D eigenvalue weighted by Crippen LogP contribution is 2.23. The van der Waals surface area contributed by atoms with Crippen LogP contribution in [0.25, 0.3) is 0 Å². The zero-order valence-corrected chi connectivity index (χ0v) is 12.6. The van der Waals surface area contributed by atoms with Gasteiger partial charge in [-0.05, 0) is 18.6 Å². The monoisotopic (exact) mass is 321 g/mol. The van der Waals surface area contributed by atoms with E-state index in [4.69, 9.17) is 5.11 Å². The molecule has 0 heterocycles. The smallest absolute Gasteiger partial charge is 0.335 e. The van der Waals surface area contributed by atoms with Gasteiger partial charge in [0, 0.05) is 13.6 Å². The van der Waals surface area contributed by atoms with E-state index >= 15 is 0 Å². The van der Waals surface area contributed by atoms with Crippen molar-refractivity contribution in [3.63, 3.8) is 0 Å². The second kappa shape index (κ2) is 6.95. The highest BCUT2D eigenvalue weighted by Gasteiger charge is 2.28. The maximum Gasteiger partial charge on any atom is 0.335 e. The Bertz CT molecular complexity index is 631. The first kappa shape index (κ1) is 17.5. The van der Waals surface area contributed by atoms with Crippen molar-refractivity contribution < 1.29 is 27.1 Å². The van der Waals surface area contributed by atoms with Crippen LogP contribution in [0.2, 0.25) is 0 Å². The molecule has 1 aromatic rings. The molecule has 1 rings (SSSR count). The first-order valence-corrected chi connectivity index (χ1v) is 7.84. The first-order valence-electron chi connectivity index (χ1n) is 6.40. The zero-order valence-electron chi connectivity index (χ0n) is 11.8. The lowest BCUT2D eigenvalue weighted by Gasteiger charge is -2.18. The van der Waals surface area contributed by atoms with Crippen LogP contribution in [0.3, 0.4) is 0 Å². The molecule has 21 heavy (non-hydrogen) atoms. The van der Waals surface area contributed by atoms with Gasteiger partial charge in [-0.15, -0.1) is 0 Å². The van der Waals surface area contributed by atoms with E-state index < -0.39 is 38.1 Å². The van der Waals surface area contributed by atoms with Gasteiger partial charge in [0.15, 0.2) is 11.6 Å². The zero-order chi connectivity index (χ0) is 16.2. The number of carbonyl (C=O) groups is 1. The molecular formula is C13H17F2NO4S. The van der Waals surface area contributed by atoms with Crippen molar-refractivity contribution >= 4 is 16.0 Å². The maximum atomic E-state index is 13.7. The van der Waals surface area contributed by atoms with Crippen LogP contribution in [-0.2, 0) is 10.0 Å². The van der Waals surface area contributed by atoms with Gasteiger partial charge in [0.2, 0.25) is 10.0 Å². The molecule has 0 amide bonds. The van der Waals surface area contributed by atoms with Gasteiger partial charge in [0.1, 0.15) is 4.90 Å². The van der Waals surface area contributed by atoms with Crippen molar-refractivity contribution in [2.45, 2.75) is 31.1 Å². The molecule has 0 radical (unpaired) electrons. The van der Waals surface area contributed by atoms with Crippen LogP contribution in [0, 0.1) is 11.6 Å². The number of rotatable bonds is 7. The van der Waals surface area contributed by atoms with E-state index in [1.807, 2.05) is 6.92 Å². The fraction of sp³-hybridized carbons (Fsp3) is 0.462. The van der Waals surface area contributed by atoms with Crippen molar-refractivity contribution in [1.82, 2.24) is 4.31 Å². The lowest BCUT2D eigenvalue weighted by Crippen LogP contribution is -2.29. The van der Waals surface area contributed by atoms with E-state index in [1.165, 1.54) is 7.05 Å². The van der Waals surface area contributed by atoms with Gasteiger partial charge in [-0.1, -0.05) is 19.8 Å². The summed E-state index contributed by atoms with van der Waals surface area (Å²) in [5.41, 5.74) is -0.616. The minimum absolute atomic E-state index is 0.147. The Morgan fingerprint density at radius 3 is 2.43 bits per heavy atom. The van der Waals surface area contributed by atoms with Crippen molar-refractivity contribution in [1.29, 1.82) is 0 Å². The Labute approximate surface area is 122 Å². The SMILES string of the molecule is CCCCCN(C)S(=O)(=O)c1cc(C(=O)O)cc(F)c1F. The quantitative estimate of drug-likeness (QED) is 0.783. The lowest BCUT2D eigenvalue weighted by atomic mass is 10.2. The minimum Gasteiger partial charge on any atom is -0.478 e. The molecule has 0 atom stereocenters. The number of halogens is 2. The Hall–Kier alpha value is -1.54. The summed E-state index contributed by atoms with van der Waals surface area (Å²) in [6.45, 7) is 2.09. The van der Waals surface area contributed by atoms with Gasteiger partial charge < -0.3 is 5.11 Å². The Morgan fingerprint density at radius 2 is 1.90 bits per heavy atom. The second-order valence-electron chi connectivity index (χ2n) is 4.61. The molecule has 0 saturated heterocycles. The van der Waals surface area contributed by atoms with Crippen LogP contribution in [-0.4, -0.2) is 37.4 Å². The summed E-state index contributed by atoms with van der Waals surface area (Å²) in [6, 6.07) is 1.08. The molecule has 0 saturated carbocycles. The number of hydrogen-bond acceptors (Lipinski definition) is 3. The number of unbranched alkanes of at least 4 members (excludes halogenated alkanes) is 2. The van der Waals surface area contributed by atoms with Crippen molar-refractivity contribution in [3.8, 4) is 0 Å². The number of benzene rings is 1. The van der Waals surface area contributed by atoms with E-state index in [0.717, 1.165) is 17.1 Å². The highest BCUT2D eigenvalue weighted by atomic mass is 32.2. The predicted octanol–water partition coefficient (Wildman–Crippen LogP) is 2.47. The normalized spacial score (nSPS) is 11.9. The Kier molecular flexibility index (Phi) is 5.79. The third-order valence-corrected chi connectivity index (χ3v) is 4.86. The molecular weight excluding hydrogens is 304 g/mol. The van der Waals surface area contributed by atoms with Crippen molar-refractivity contribution in [3.05, 3.63) is 29.3 Å². The van der Waals surface area contributed by atoms with E-state index in [2.05, 4.69) is 0 Å². The summed E-state index contributed by atoms with van der Waals surface area (Å²) < 4.78 is 52.4. The molecule has 0 aliphatic rings. The highest BCUT2D eigenvalue weighted by molar-refractivity contribution is 7.89. The van der Waals surface area contributed by atoms with Gasteiger partial charge in [-0.2, -0.15) is 0 Å². The average molecular weight is 321 g/mol. The Morgan fingerprint density at radius 1 is 1.29 bits per heavy atom. The van der Waals surface area contributed by atoms with Crippen LogP contribution < -0.4 is 0 Å². The number of carboxylic acid groups (broad SMARTS) is 1. The molecule has 5 nitrogen and oxygen atoms in total. The summed E-state index contributed by atoms with van der Waals surface area (Å²) in [5, 5.41) is 8.80. The number of sulfonamides is 1. The van der Waals surface area contributed by atoms with E-state index in [0.29, 0.717) is 18.6 Å². The molecule has 0 unspecified atom stereocenters. The molecule has 118 valence electrons. The average Bonchev–Trinajstić information content (AvgIpc) is 2.41. The van der Waals surface area contributed by atoms with Crippen molar-refractivity contribution in [2.75, 3.05) is 13.6 Å². The van der Waals surface area contributed by atoms with Crippen LogP contribution >= 0.6 is 0 Å². The van der Waals surface area contributed by atoms with Gasteiger partial charge in [-0.25, -0.2) is 26.3 Å². The van der Waals surface area contributed by atoms with Gasteiger partial charge in [0.05, 0.1) is 5.56 Å². The second-order valence-corrected chi connectivity index (χ2v) is 6.62. The fourth-order valence-corrected chi connectivity index (χ4v) is 3.05.